The van der Waals surface area contributed by atoms with Crippen LogP contribution in [0.4, 0.5) is 0 Å². The third-order valence-corrected chi connectivity index (χ3v) is 6.77. The van der Waals surface area contributed by atoms with Gasteiger partial charge in [-0.1, -0.05) is 26.7 Å². The Morgan fingerprint density at radius 3 is 2.32 bits per heavy atom. The summed E-state index contributed by atoms with van der Waals surface area (Å²) in [6.07, 6.45) is 7.18. The topological polar surface area (TPSA) is 46.2 Å². The Balaban J connectivity index is 1.99. The van der Waals surface area contributed by atoms with Crippen LogP contribution in [-0.2, 0) is 9.84 Å². The fourth-order valence-electron chi connectivity index (χ4n) is 3.78. The number of hydrogen-bond acceptors (Lipinski definition) is 3. The van der Waals surface area contributed by atoms with Crippen molar-refractivity contribution in [1.29, 1.82) is 0 Å². The van der Waals surface area contributed by atoms with Gasteiger partial charge in [0.2, 0.25) is 0 Å². The number of sulfone groups is 1. The van der Waals surface area contributed by atoms with Gasteiger partial charge in [0.15, 0.2) is 9.84 Å². The van der Waals surface area contributed by atoms with Gasteiger partial charge in [-0.05, 0) is 50.0 Å². The van der Waals surface area contributed by atoms with Crippen molar-refractivity contribution >= 4 is 9.84 Å². The van der Waals surface area contributed by atoms with Crippen LogP contribution in [0.25, 0.3) is 0 Å². The first-order valence-corrected chi connectivity index (χ1v) is 9.77. The van der Waals surface area contributed by atoms with Gasteiger partial charge >= 0.3 is 0 Å². The van der Waals surface area contributed by atoms with Crippen molar-refractivity contribution in [2.45, 2.75) is 58.4 Å². The number of rotatable bonds is 5. The van der Waals surface area contributed by atoms with Gasteiger partial charge in [-0.3, -0.25) is 0 Å². The molecule has 4 heteroatoms. The second kappa shape index (κ2) is 6.57. The van der Waals surface area contributed by atoms with Crippen LogP contribution in [0.3, 0.4) is 0 Å². The van der Waals surface area contributed by atoms with Gasteiger partial charge in [0.25, 0.3) is 0 Å². The van der Waals surface area contributed by atoms with Crippen molar-refractivity contribution in [3.05, 3.63) is 0 Å². The highest BCUT2D eigenvalue weighted by Crippen LogP contribution is 2.35. The van der Waals surface area contributed by atoms with Gasteiger partial charge in [-0.15, -0.1) is 0 Å². The van der Waals surface area contributed by atoms with Crippen LogP contribution in [0.15, 0.2) is 0 Å². The third kappa shape index (κ3) is 4.19. The minimum atomic E-state index is -2.75. The van der Waals surface area contributed by atoms with Crippen LogP contribution in [0.1, 0.15) is 52.4 Å². The highest BCUT2D eigenvalue weighted by Gasteiger charge is 2.37. The first-order valence-electron chi connectivity index (χ1n) is 7.95. The summed E-state index contributed by atoms with van der Waals surface area (Å²) in [6, 6.07) is 0.435. The summed E-state index contributed by atoms with van der Waals surface area (Å²) in [7, 11) is -2.75. The molecule has 0 radical (unpaired) electrons. The zero-order valence-electron chi connectivity index (χ0n) is 12.4. The molecule has 1 N–H and O–H groups in total. The van der Waals surface area contributed by atoms with Crippen molar-refractivity contribution in [3.8, 4) is 0 Å². The summed E-state index contributed by atoms with van der Waals surface area (Å²) >= 11 is 0. The predicted molar refractivity (Wildman–Crippen MR) is 80.0 cm³/mol. The highest BCUT2D eigenvalue weighted by atomic mass is 32.2. The summed E-state index contributed by atoms with van der Waals surface area (Å²) < 4.78 is 23.5. The molecule has 0 amide bonds. The smallest absolute Gasteiger partial charge is 0.150 e. The lowest BCUT2D eigenvalue weighted by atomic mass is 9.75. The summed E-state index contributed by atoms with van der Waals surface area (Å²) in [6.45, 7) is 5.54. The summed E-state index contributed by atoms with van der Waals surface area (Å²) in [5.41, 5.74) is 0. The van der Waals surface area contributed by atoms with Gasteiger partial charge in [0.05, 0.1) is 11.5 Å². The maximum atomic E-state index is 11.7. The van der Waals surface area contributed by atoms with E-state index in [1.165, 1.54) is 25.7 Å². The molecule has 2 rings (SSSR count). The standard InChI is InChI=1S/C15H29NO2S/c1-3-9-16-15(13-6-4-12(2)5-7-13)14-8-10-19(17,18)11-14/h12-16H,3-11H2,1-2H3. The van der Waals surface area contributed by atoms with Crippen molar-refractivity contribution in [3.63, 3.8) is 0 Å². The van der Waals surface area contributed by atoms with Gasteiger partial charge in [-0.25, -0.2) is 8.42 Å². The Bertz CT molecular complexity index is 372. The van der Waals surface area contributed by atoms with Crippen LogP contribution in [-0.4, -0.2) is 32.5 Å². The lowest BCUT2D eigenvalue weighted by Crippen LogP contribution is -2.44. The fraction of sp³-hybridized carbons (Fsp3) is 1.00. The van der Waals surface area contributed by atoms with E-state index in [0.29, 0.717) is 29.4 Å². The van der Waals surface area contributed by atoms with E-state index in [1.54, 1.807) is 0 Å². The molecule has 2 atom stereocenters. The first kappa shape index (κ1) is 15.3. The van der Waals surface area contributed by atoms with E-state index in [1.807, 2.05) is 0 Å². The van der Waals surface area contributed by atoms with Crippen LogP contribution < -0.4 is 5.32 Å². The van der Waals surface area contributed by atoms with E-state index in [-0.39, 0.29) is 0 Å². The zero-order valence-corrected chi connectivity index (χ0v) is 13.2. The average molecular weight is 287 g/mol. The maximum absolute atomic E-state index is 11.7. The number of hydrogen-bond donors (Lipinski definition) is 1. The summed E-state index contributed by atoms with van der Waals surface area (Å²) in [4.78, 5) is 0. The van der Waals surface area contributed by atoms with Crippen LogP contribution in [0.5, 0.6) is 0 Å². The van der Waals surface area contributed by atoms with Crippen molar-refractivity contribution in [1.82, 2.24) is 5.32 Å². The van der Waals surface area contributed by atoms with Gasteiger partial charge in [-0.2, -0.15) is 0 Å². The molecular formula is C15H29NO2S. The normalized spacial score (nSPS) is 36.2. The molecule has 3 nitrogen and oxygen atoms in total. The molecule has 1 heterocycles. The van der Waals surface area contributed by atoms with Gasteiger partial charge in [0.1, 0.15) is 0 Å². The molecule has 2 aliphatic rings. The molecule has 2 fully saturated rings. The largest absolute Gasteiger partial charge is 0.313 e. The van der Waals surface area contributed by atoms with Crippen LogP contribution in [0.2, 0.25) is 0 Å². The molecule has 0 bridgehead atoms. The lowest BCUT2D eigenvalue weighted by Gasteiger charge is -2.36. The number of nitrogens with one attached hydrogen (secondary N) is 1. The molecule has 0 aromatic rings. The minimum absolute atomic E-state index is 0.356. The molecule has 19 heavy (non-hydrogen) atoms. The first-order chi connectivity index (χ1) is 9.02. The van der Waals surface area contributed by atoms with Crippen molar-refractivity contribution in [2.75, 3.05) is 18.1 Å². The predicted octanol–water partition coefficient (Wildman–Crippen LogP) is 2.62. The molecule has 0 aromatic heterocycles. The molecule has 0 spiro atoms. The maximum Gasteiger partial charge on any atom is 0.150 e. The SMILES string of the molecule is CCCNC(C1CCC(C)CC1)C1CCS(=O)(=O)C1. The molecular weight excluding hydrogens is 258 g/mol. The Labute approximate surface area is 118 Å². The molecule has 112 valence electrons. The average Bonchev–Trinajstić information content (AvgIpc) is 2.72. The van der Waals surface area contributed by atoms with Crippen LogP contribution >= 0.6 is 0 Å². The molecule has 2 unspecified atom stereocenters. The van der Waals surface area contributed by atoms with Crippen LogP contribution in [0, 0.1) is 17.8 Å². The van der Waals surface area contributed by atoms with Crippen molar-refractivity contribution < 1.29 is 8.42 Å². The lowest BCUT2D eigenvalue weighted by molar-refractivity contribution is 0.191. The minimum Gasteiger partial charge on any atom is -0.313 e. The van der Waals surface area contributed by atoms with Gasteiger partial charge in [0, 0.05) is 6.04 Å². The van der Waals surface area contributed by atoms with Gasteiger partial charge < -0.3 is 5.32 Å². The molecule has 1 saturated heterocycles. The Morgan fingerprint density at radius 2 is 1.79 bits per heavy atom. The van der Waals surface area contributed by atoms with E-state index in [0.717, 1.165) is 25.3 Å². The molecule has 1 saturated carbocycles. The Hall–Kier alpha value is -0.0900. The van der Waals surface area contributed by atoms with Crippen molar-refractivity contribution in [2.24, 2.45) is 17.8 Å². The zero-order chi connectivity index (χ0) is 13.9. The monoisotopic (exact) mass is 287 g/mol. The molecule has 1 aliphatic heterocycles. The highest BCUT2D eigenvalue weighted by molar-refractivity contribution is 7.91. The van der Waals surface area contributed by atoms with E-state index < -0.39 is 9.84 Å². The fourth-order valence-corrected chi connectivity index (χ4v) is 5.64. The second-order valence-electron chi connectivity index (χ2n) is 6.66. The molecule has 1 aliphatic carbocycles. The molecule has 0 aromatic carbocycles. The second-order valence-corrected chi connectivity index (χ2v) is 8.89. The Morgan fingerprint density at radius 1 is 1.11 bits per heavy atom. The third-order valence-electron chi connectivity index (χ3n) is 4.97. The Kier molecular flexibility index (Phi) is 5.29. The van der Waals surface area contributed by atoms with E-state index >= 15 is 0 Å². The summed E-state index contributed by atoms with van der Waals surface area (Å²) in [5.74, 6) is 2.73. The van der Waals surface area contributed by atoms with E-state index in [4.69, 9.17) is 0 Å². The van der Waals surface area contributed by atoms with E-state index in [9.17, 15) is 8.42 Å². The van der Waals surface area contributed by atoms with E-state index in [2.05, 4.69) is 19.2 Å². The quantitative estimate of drug-likeness (QED) is 0.845. The summed E-state index contributed by atoms with van der Waals surface area (Å²) in [5, 5.41) is 3.67.